The van der Waals surface area contributed by atoms with E-state index in [-0.39, 0.29) is 11.6 Å². The number of aryl methyl sites for hydroxylation is 1. The van der Waals surface area contributed by atoms with Gasteiger partial charge in [0.05, 0.1) is 6.10 Å². The van der Waals surface area contributed by atoms with Gasteiger partial charge in [0, 0.05) is 10.4 Å². The molecule has 2 nitrogen and oxygen atoms in total. The van der Waals surface area contributed by atoms with Crippen LogP contribution in [0.5, 0.6) is 0 Å². The molecule has 1 saturated carbocycles. The van der Waals surface area contributed by atoms with Gasteiger partial charge in [0.25, 0.3) is 0 Å². The smallest absolute Gasteiger partial charge is 0.0727 e. The number of hydrogen-bond donors (Lipinski definition) is 1. The fraction of sp³-hybridized carbons (Fsp3) is 0.750. The van der Waals surface area contributed by atoms with Gasteiger partial charge >= 0.3 is 0 Å². The van der Waals surface area contributed by atoms with E-state index in [1.165, 1.54) is 17.7 Å². The van der Waals surface area contributed by atoms with E-state index in [1.54, 1.807) is 11.3 Å². The van der Waals surface area contributed by atoms with Crippen LogP contribution in [-0.2, 0) is 6.42 Å². The van der Waals surface area contributed by atoms with Crippen molar-refractivity contribution in [2.24, 2.45) is 5.92 Å². The van der Waals surface area contributed by atoms with E-state index in [0.29, 0.717) is 0 Å². The maximum absolute atomic E-state index is 10.8. The van der Waals surface area contributed by atoms with Crippen molar-refractivity contribution in [1.29, 1.82) is 0 Å². The highest BCUT2D eigenvalue weighted by Crippen LogP contribution is 2.39. The van der Waals surface area contributed by atoms with Crippen LogP contribution in [-0.4, -0.2) is 35.7 Å². The van der Waals surface area contributed by atoms with Crippen molar-refractivity contribution in [3.63, 3.8) is 0 Å². The Hall–Kier alpha value is -0.380. The molecule has 3 unspecified atom stereocenters. The molecule has 0 saturated heterocycles. The van der Waals surface area contributed by atoms with Crippen LogP contribution in [0.15, 0.2) is 17.5 Å². The maximum Gasteiger partial charge on any atom is 0.0727 e. The number of aliphatic hydroxyl groups excluding tert-OH is 1. The molecule has 0 amide bonds. The number of thiophene rings is 1. The molecule has 0 aliphatic heterocycles. The number of aliphatic hydroxyl groups is 1. The van der Waals surface area contributed by atoms with Gasteiger partial charge in [-0.15, -0.1) is 11.3 Å². The minimum Gasteiger partial charge on any atom is -0.391 e. The Kier molecular flexibility index (Phi) is 5.04. The summed E-state index contributed by atoms with van der Waals surface area (Å²) in [4.78, 5) is 3.67. The molecule has 1 aromatic rings. The van der Waals surface area contributed by atoms with Crippen LogP contribution in [0.25, 0.3) is 0 Å². The third-order valence-electron chi connectivity index (χ3n) is 4.76. The van der Waals surface area contributed by atoms with Crippen LogP contribution >= 0.6 is 11.3 Å². The minimum atomic E-state index is -0.215. The maximum atomic E-state index is 10.8. The summed E-state index contributed by atoms with van der Waals surface area (Å²) in [6, 6.07) is 4.26. The van der Waals surface area contributed by atoms with Crippen molar-refractivity contribution in [2.45, 2.75) is 57.1 Å². The summed E-state index contributed by atoms with van der Waals surface area (Å²) < 4.78 is 0. The molecule has 1 N–H and O–H groups in total. The van der Waals surface area contributed by atoms with Gasteiger partial charge < -0.3 is 10.0 Å². The molecule has 0 bridgehead atoms. The predicted molar refractivity (Wildman–Crippen MR) is 82.7 cm³/mol. The lowest BCUT2D eigenvalue weighted by molar-refractivity contribution is -0.0463. The Morgan fingerprint density at radius 3 is 2.89 bits per heavy atom. The van der Waals surface area contributed by atoms with Crippen molar-refractivity contribution < 1.29 is 5.11 Å². The number of nitrogens with zero attached hydrogens (tertiary/aromatic N) is 1. The second-order valence-electron chi connectivity index (χ2n) is 6.33. The molecule has 2 rings (SSSR count). The van der Waals surface area contributed by atoms with Gasteiger partial charge in [-0.1, -0.05) is 25.8 Å². The number of rotatable bonds is 5. The Labute approximate surface area is 121 Å². The lowest BCUT2D eigenvalue weighted by Gasteiger charge is -2.48. The number of likely N-dealkylation sites (N-methyl/N-ethyl adjacent to an activating group) is 1. The topological polar surface area (TPSA) is 23.5 Å². The lowest BCUT2D eigenvalue weighted by Crippen LogP contribution is -2.56. The van der Waals surface area contributed by atoms with E-state index in [1.807, 2.05) is 0 Å². The SMILES string of the molecule is CC1CCCC(C(O)CCc2cccs2)(N(C)C)C1. The third-order valence-corrected chi connectivity index (χ3v) is 5.70. The summed E-state index contributed by atoms with van der Waals surface area (Å²) in [6.45, 7) is 2.32. The number of hydrogen-bond acceptors (Lipinski definition) is 3. The van der Waals surface area contributed by atoms with E-state index in [4.69, 9.17) is 0 Å². The van der Waals surface area contributed by atoms with Gasteiger partial charge in [-0.05, 0) is 57.1 Å². The van der Waals surface area contributed by atoms with Crippen LogP contribution in [0.1, 0.15) is 43.9 Å². The first kappa shape index (κ1) is 15.0. The molecule has 0 radical (unpaired) electrons. The van der Waals surface area contributed by atoms with Gasteiger partial charge in [-0.2, -0.15) is 0 Å². The van der Waals surface area contributed by atoms with Crippen LogP contribution in [0.3, 0.4) is 0 Å². The molecule has 0 aromatic carbocycles. The monoisotopic (exact) mass is 281 g/mol. The van der Waals surface area contributed by atoms with E-state index >= 15 is 0 Å². The summed E-state index contributed by atoms with van der Waals surface area (Å²) in [7, 11) is 4.26. The largest absolute Gasteiger partial charge is 0.391 e. The fourth-order valence-corrected chi connectivity index (χ4v) is 4.30. The quantitative estimate of drug-likeness (QED) is 0.892. The summed E-state index contributed by atoms with van der Waals surface area (Å²) in [5.41, 5.74) is -0.00503. The van der Waals surface area contributed by atoms with Gasteiger partial charge in [-0.25, -0.2) is 0 Å². The highest BCUT2D eigenvalue weighted by Gasteiger charge is 2.42. The van der Waals surface area contributed by atoms with Crippen molar-refractivity contribution in [3.8, 4) is 0 Å². The van der Waals surface area contributed by atoms with Gasteiger partial charge in [0.2, 0.25) is 0 Å². The molecule has 0 spiro atoms. The van der Waals surface area contributed by atoms with Crippen LogP contribution in [0.2, 0.25) is 0 Å². The van der Waals surface area contributed by atoms with Crippen LogP contribution in [0, 0.1) is 5.92 Å². The Morgan fingerprint density at radius 1 is 1.53 bits per heavy atom. The fourth-order valence-electron chi connectivity index (χ4n) is 3.57. The standard InChI is InChI=1S/C16H27NOS/c1-13-6-4-10-16(12-13,17(2)3)15(18)9-8-14-7-5-11-19-14/h5,7,11,13,15,18H,4,6,8-10,12H2,1-3H3. The molecular formula is C16H27NOS. The second-order valence-corrected chi connectivity index (χ2v) is 7.37. The summed E-state index contributed by atoms with van der Waals surface area (Å²) in [5, 5.41) is 12.9. The molecule has 3 heteroatoms. The molecule has 1 aromatic heterocycles. The average molecular weight is 281 g/mol. The molecule has 1 aliphatic rings. The van der Waals surface area contributed by atoms with Crippen molar-refractivity contribution in [3.05, 3.63) is 22.4 Å². The van der Waals surface area contributed by atoms with E-state index in [2.05, 4.69) is 43.4 Å². The zero-order chi connectivity index (χ0) is 13.9. The average Bonchev–Trinajstić information content (AvgIpc) is 2.88. The molecule has 1 fully saturated rings. The normalized spacial score (nSPS) is 29.6. The van der Waals surface area contributed by atoms with E-state index < -0.39 is 0 Å². The van der Waals surface area contributed by atoms with E-state index in [9.17, 15) is 5.11 Å². The minimum absolute atomic E-state index is 0.00503. The van der Waals surface area contributed by atoms with Gasteiger partial charge in [-0.3, -0.25) is 0 Å². The summed E-state index contributed by atoms with van der Waals surface area (Å²) >= 11 is 1.79. The molecule has 1 aliphatic carbocycles. The third kappa shape index (κ3) is 3.39. The summed E-state index contributed by atoms with van der Waals surface area (Å²) in [6.07, 6.45) is 6.49. The first-order chi connectivity index (χ1) is 9.04. The first-order valence-corrected chi connectivity index (χ1v) is 8.30. The van der Waals surface area contributed by atoms with Gasteiger partial charge in [0.1, 0.15) is 0 Å². The highest BCUT2D eigenvalue weighted by molar-refractivity contribution is 7.09. The molecule has 19 heavy (non-hydrogen) atoms. The Morgan fingerprint density at radius 2 is 2.32 bits per heavy atom. The van der Waals surface area contributed by atoms with E-state index in [0.717, 1.165) is 31.6 Å². The molecule has 3 atom stereocenters. The molecule has 108 valence electrons. The lowest BCUT2D eigenvalue weighted by atomic mass is 9.71. The second kappa shape index (κ2) is 6.38. The first-order valence-electron chi connectivity index (χ1n) is 7.42. The van der Waals surface area contributed by atoms with Gasteiger partial charge in [0.15, 0.2) is 0 Å². The summed E-state index contributed by atoms with van der Waals surface area (Å²) in [5.74, 6) is 0.729. The van der Waals surface area contributed by atoms with Crippen molar-refractivity contribution >= 4 is 11.3 Å². The highest BCUT2D eigenvalue weighted by atomic mass is 32.1. The zero-order valence-electron chi connectivity index (χ0n) is 12.4. The van der Waals surface area contributed by atoms with Crippen molar-refractivity contribution in [2.75, 3.05) is 14.1 Å². The van der Waals surface area contributed by atoms with Crippen molar-refractivity contribution in [1.82, 2.24) is 4.90 Å². The zero-order valence-corrected chi connectivity index (χ0v) is 13.2. The predicted octanol–water partition coefficient (Wildman–Crippen LogP) is 3.55. The Balaban J connectivity index is 2.01. The van der Waals surface area contributed by atoms with Crippen LogP contribution < -0.4 is 0 Å². The molecular weight excluding hydrogens is 254 g/mol. The Bertz CT molecular complexity index is 376. The molecule has 1 heterocycles. The van der Waals surface area contributed by atoms with Crippen LogP contribution in [0.4, 0.5) is 0 Å².